The molecule has 172 valence electrons. The number of aromatic nitrogens is 3. The van der Waals surface area contributed by atoms with E-state index in [1.807, 2.05) is 4.57 Å². The Morgan fingerprint density at radius 1 is 1.27 bits per heavy atom. The number of amides is 1. The molecule has 1 atom stereocenters. The lowest BCUT2D eigenvalue weighted by molar-refractivity contribution is -0.115. The quantitative estimate of drug-likeness (QED) is 0.487. The van der Waals surface area contributed by atoms with Gasteiger partial charge >= 0.3 is 0 Å². The summed E-state index contributed by atoms with van der Waals surface area (Å²) in [6.45, 7) is 6.33. The number of nitrogens with one attached hydrogen (secondary N) is 1. The molecule has 0 aliphatic carbocycles. The fourth-order valence-corrected chi connectivity index (χ4v) is 4.99. The van der Waals surface area contributed by atoms with Crippen molar-refractivity contribution in [3.05, 3.63) is 47.1 Å². The fraction of sp³-hybridized carbons (Fsp3) is 0.364. The molecule has 1 aromatic carbocycles. The van der Waals surface area contributed by atoms with Gasteiger partial charge in [-0.25, -0.2) is 4.39 Å². The lowest BCUT2D eigenvalue weighted by Gasteiger charge is -2.27. The monoisotopic (exact) mass is 486 g/mol. The van der Waals surface area contributed by atoms with E-state index in [-0.39, 0.29) is 11.7 Å². The van der Waals surface area contributed by atoms with Gasteiger partial charge in [-0.15, -0.1) is 21.5 Å². The summed E-state index contributed by atoms with van der Waals surface area (Å²) in [4.78, 5) is 15.1. The second-order valence-electron chi connectivity index (χ2n) is 7.44. The molecule has 0 radical (unpaired) electrons. The van der Waals surface area contributed by atoms with Crippen LogP contribution in [0.25, 0.3) is 11.4 Å². The Labute approximate surface area is 199 Å². The normalized spacial score (nSPS) is 15.2. The van der Waals surface area contributed by atoms with Gasteiger partial charge in [0.2, 0.25) is 5.91 Å². The third kappa shape index (κ3) is 5.78. The van der Waals surface area contributed by atoms with Gasteiger partial charge in [-0.05, 0) is 42.6 Å². The van der Waals surface area contributed by atoms with Crippen molar-refractivity contribution in [1.29, 1.82) is 5.26 Å². The van der Waals surface area contributed by atoms with E-state index in [0.717, 1.165) is 25.2 Å². The van der Waals surface area contributed by atoms with Gasteiger partial charge in [0.1, 0.15) is 16.9 Å². The zero-order valence-corrected chi connectivity index (χ0v) is 19.7. The number of rotatable bonds is 8. The van der Waals surface area contributed by atoms with Crippen LogP contribution in [-0.2, 0) is 16.1 Å². The minimum atomic E-state index is -0.467. The van der Waals surface area contributed by atoms with Crippen LogP contribution < -0.4 is 5.32 Å². The molecular formula is C22H23FN6O2S2. The number of hydrogen-bond donors (Lipinski definition) is 1. The van der Waals surface area contributed by atoms with Crippen LogP contribution in [0.5, 0.6) is 0 Å². The van der Waals surface area contributed by atoms with Gasteiger partial charge in [-0.2, -0.15) is 5.26 Å². The molecule has 8 nitrogen and oxygen atoms in total. The van der Waals surface area contributed by atoms with E-state index >= 15 is 0 Å². The minimum absolute atomic E-state index is 0.218. The van der Waals surface area contributed by atoms with Crippen LogP contribution in [-0.4, -0.2) is 63.7 Å². The average molecular weight is 487 g/mol. The van der Waals surface area contributed by atoms with Crippen molar-refractivity contribution >= 4 is 34.0 Å². The first kappa shape index (κ1) is 23.4. The highest BCUT2D eigenvalue weighted by Gasteiger charge is 2.23. The first-order valence-electron chi connectivity index (χ1n) is 10.5. The molecule has 11 heteroatoms. The molecule has 3 aromatic rings. The number of thioether (sulfide) groups is 1. The van der Waals surface area contributed by atoms with Gasteiger partial charge in [0, 0.05) is 31.7 Å². The highest BCUT2D eigenvalue weighted by Crippen LogP contribution is 2.29. The van der Waals surface area contributed by atoms with Crippen molar-refractivity contribution < 1.29 is 13.9 Å². The van der Waals surface area contributed by atoms with E-state index in [2.05, 4.69) is 26.5 Å². The molecule has 0 saturated carbocycles. The summed E-state index contributed by atoms with van der Waals surface area (Å²) in [7, 11) is 0. The Bertz CT molecular complexity index is 1130. The Kier molecular flexibility index (Phi) is 7.72. The fourth-order valence-electron chi connectivity index (χ4n) is 3.38. The molecule has 1 aliphatic heterocycles. The summed E-state index contributed by atoms with van der Waals surface area (Å²) in [6, 6.07) is 9.89. The molecule has 4 rings (SSSR count). The molecule has 0 spiro atoms. The van der Waals surface area contributed by atoms with Crippen molar-refractivity contribution in [1.82, 2.24) is 19.7 Å². The molecule has 1 fully saturated rings. The number of morpholine rings is 1. The number of carbonyl (C=O) groups is 1. The third-order valence-electron chi connectivity index (χ3n) is 5.24. The second kappa shape index (κ2) is 10.9. The van der Waals surface area contributed by atoms with Crippen molar-refractivity contribution in [2.45, 2.75) is 23.9 Å². The van der Waals surface area contributed by atoms with Gasteiger partial charge in [0.05, 0.1) is 24.0 Å². The molecule has 1 amide bonds. The summed E-state index contributed by atoms with van der Waals surface area (Å²) >= 11 is 2.61. The number of benzene rings is 1. The first-order chi connectivity index (χ1) is 16.0. The molecule has 0 unspecified atom stereocenters. The maximum absolute atomic E-state index is 13.4. The smallest absolute Gasteiger partial charge is 0.238 e. The predicted octanol–water partition coefficient (Wildman–Crippen LogP) is 3.47. The Balaban J connectivity index is 1.52. The number of nitriles is 1. The van der Waals surface area contributed by atoms with E-state index in [1.165, 1.54) is 35.2 Å². The molecule has 0 bridgehead atoms. The Hall–Kier alpha value is -2.78. The molecule has 1 N–H and O–H groups in total. The summed E-state index contributed by atoms with van der Waals surface area (Å²) in [5.74, 6) is 0.0942. The number of halogens is 1. The maximum Gasteiger partial charge on any atom is 0.238 e. The van der Waals surface area contributed by atoms with Gasteiger partial charge in [0.15, 0.2) is 11.0 Å². The van der Waals surface area contributed by atoms with E-state index in [0.29, 0.717) is 41.3 Å². The van der Waals surface area contributed by atoms with E-state index in [1.54, 1.807) is 30.5 Å². The molecule has 33 heavy (non-hydrogen) atoms. The van der Waals surface area contributed by atoms with Crippen LogP contribution in [0.3, 0.4) is 0 Å². The lowest BCUT2D eigenvalue weighted by atomic mass is 10.2. The highest BCUT2D eigenvalue weighted by atomic mass is 32.2. The zero-order valence-electron chi connectivity index (χ0n) is 18.0. The number of thiophene rings is 1. The average Bonchev–Trinajstić information content (AvgIpc) is 3.45. The SMILES string of the molecule is C[C@@H](Sc1nnc(-c2ccc(F)cc2)n1CCN1CCOCC1)C(=O)Nc1sccc1C#N. The number of hydrogen-bond acceptors (Lipinski definition) is 8. The van der Waals surface area contributed by atoms with Crippen molar-refractivity contribution in [2.24, 2.45) is 0 Å². The van der Waals surface area contributed by atoms with Gasteiger partial charge < -0.3 is 14.6 Å². The first-order valence-corrected chi connectivity index (χ1v) is 12.3. The highest BCUT2D eigenvalue weighted by molar-refractivity contribution is 8.00. The van der Waals surface area contributed by atoms with Gasteiger partial charge in [-0.3, -0.25) is 9.69 Å². The molecule has 2 aromatic heterocycles. The number of anilines is 1. The molecule has 3 heterocycles. The van der Waals surface area contributed by atoms with Crippen LogP contribution in [0.15, 0.2) is 40.9 Å². The Morgan fingerprint density at radius 2 is 2.03 bits per heavy atom. The largest absolute Gasteiger partial charge is 0.379 e. The van der Waals surface area contributed by atoms with Crippen LogP contribution >= 0.6 is 23.1 Å². The van der Waals surface area contributed by atoms with Crippen LogP contribution in [0.1, 0.15) is 12.5 Å². The van der Waals surface area contributed by atoms with Gasteiger partial charge in [-0.1, -0.05) is 11.8 Å². The van der Waals surface area contributed by atoms with Crippen molar-refractivity contribution in [2.75, 3.05) is 38.2 Å². The van der Waals surface area contributed by atoms with Crippen LogP contribution in [0, 0.1) is 17.1 Å². The summed E-state index contributed by atoms with van der Waals surface area (Å²) in [6.07, 6.45) is 0. The maximum atomic E-state index is 13.4. The van der Waals surface area contributed by atoms with Crippen LogP contribution in [0.4, 0.5) is 9.39 Å². The van der Waals surface area contributed by atoms with Crippen LogP contribution in [0.2, 0.25) is 0 Å². The lowest BCUT2D eigenvalue weighted by Crippen LogP contribution is -2.38. The number of nitrogens with zero attached hydrogens (tertiary/aromatic N) is 5. The molecule has 1 aliphatic rings. The van der Waals surface area contributed by atoms with E-state index < -0.39 is 5.25 Å². The zero-order chi connectivity index (χ0) is 23.2. The molecular weight excluding hydrogens is 463 g/mol. The second-order valence-corrected chi connectivity index (χ2v) is 9.67. The predicted molar refractivity (Wildman–Crippen MR) is 126 cm³/mol. The van der Waals surface area contributed by atoms with Gasteiger partial charge in [0.25, 0.3) is 0 Å². The molecule has 1 saturated heterocycles. The number of ether oxygens (including phenoxy) is 1. The standard InChI is InChI=1S/C22H23FN6O2S2/c1-15(20(30)25-21-17(14-24)6-13-32-21)33-22-27-26-19(16-2-4-18(23)5-3-16)29(22)8-7-28-9-11-31-12-10-28/h2-6,13,15H,7-12H2,1H3,(H,25,30)/t15-/m1/s1. The summed E-state index contributed by atoms with van der Waals surface area (Å²) in [5, 5.41) is 23.1. The Morgan fingerprint density at radius 3 is 2.76 bits per heavy atom. The third-order valence-corrected chi connectivity index (χ3v) is 7.15. The topological polar surface area (TPSA) is 96.1 Å². The minimum Gasteiger partial charge on any atom is -0.379 e. The summed E-state index contributed by atoms with van der Waals surface area (Å²) < 4.78 is 20.8. The van der Waals surface area contributed by atoms with Crippen molar-refractivity contribution in [3.63, 3.8) is 0 Å². The number of carbonyl (C=O) groups excluding carboxylic acids is 1. The van der Waals surface area contributed by atoms with Crippen molar-refractivity contribution in [3.8, 4) is 17.5 Å². The van der Waals surface area contributed by atoms with E-state index in [4.69, 9.17) is 10.00 Å². The summed E-state index contributed by atoms with van der Waals surface area (Å²) in [5.41, 5.74) is 1.20. The van der Waals surface area contributed by atoms with E-state index in [9.17, 15) is 9.18 Å².